The highest BCUT2D eigenvalue weighted by Crippen LogP contribution is 2.28. The third-order valence-corrected chi connectivity index (χ3v) is 6.89. The molecule has 0 N–H and O–H groups in total. The van der Waals surface area contributed by atoms with E-state index in [-0.39, 0.29) is 24.4 Å². The van der Waals surface area contributed by atoms with E-state index in [1.807, 2.05) is 57.3 Å². The van der Waals surface area contributed by atoms with Crippen molar-refractivity contribution in [3.05, 3.63) is 59.1 Å². The fraction of sp³-hybridized carbons (Fsp3) is 0.348. The molecule has 2 aliphatic rings. The summed E-state index contributed by atoms with van der Waals surface area (Å²) in [5, 5.41) is 8.10. The molecule has 4 heterocycles. The van der Waals surface area contributed by atoms with Crippen LogP contribution in [0.1, 0.15) is 42.2 Å². The van der Waals surface area contributed by atoms with Crippen molar-refractivity contribution in [3.63, 3.8) is 0 Å². The summed E-state index contributed by atoms with van der Waals surface area (Å²) in [5.41, 5.74) is 3.36. The standard InChI is InChI=1S/C23H24N4O2S/c1-16-7-5-6-11-25(16)22(28)15-27-23(29)20-13-21-19(10-12-30-21)26(20)14-18(24-27)17-8-3-2-4-9-17/h2-4,8-10,12-13,16H,5-7,11,14-15H2,1H3/t16-/m0/s1. The van der Waals surface area contributed by atoms with E-state index in [1.54, 1.807) is 11.3 Å². The van der Waals surface area contributed by atoms with E-state index in [0.717, 1.165) is 47.3 Å². The number of benzene rings is 1. The van der Waals surface area contributed by atoms with E-state index in [2.05, 4.69) is 6.92 Å². The van der Waals surface area contributed by atoms with Gasteiger partial charge in [-0.25, -0.2) is 5.01 Å². The number of piperidine rings is 1. The number of hydrogen-bond acceptors (Lipinski definition) is 4. The molecule has 0 radical (unpaired) electrons. The average molecular weight is 421 g/mol. The van der Waals surface area contributed by atoms with Crippen LogP contribution in [-0.4, -0.2) is 51.1 Å². The van der Waals surface area contributed by atoms with Crippen LogP contribution >= 0.6 is 11.3 Å². The summed E-state index contributed by atoms with van der Waals surface area (Å²) >= 11 is 1.62. The van der Waals surface area contributed by atoms with Gasteiger partial charge in [0.25, 0.3) is 5.91 Å². The number of thiophene rings is 1. The number of rotatable bonds is 3. The minimum Gasteiger partial charge on any atom is -0.338 e. The normalized spacial score (nSPS) is 19.6. The lowest BCUT2D eigenvalue weighted by molar-refractivity contribution is -0.135. The quantitative estimate of drug-likeness (QED) is 0.644. The monoisotopic (exact) mass is 420 g/mol. The number of aromatic nitrogens is 1. The summed E-state index contributed by atoms with van der Waals surface area (Å²) in [4.78, 5) is 28.4. The zero-order valence-electron chi connectivity index (χ0n) is 17.0. The Morgan fingerprint density at radius 1 is 1.20 bits per heavy atom. The van der Waals surface area contributed by atoms with E-state index >= 15 is 0 Å². The van der Waals surface area contributed by atoms with Gasteiger partial charge in [0.1, 0.15) is 12.2 Å². The first kappa shape index (κ1) is 19.1. The smallest absolute Gasteiger partial charge is 0.291 e. The zero-order chi connectivity index (χ0) is 20.7. The first-order chi connectivity index (χ1) is 14.6. The number of fused-ring (bicyclic) bond motifs is 3. The van der Waals surface area contributed by atoms with Crippen molar-refractivity contribution in [1.82, 2.24) is 14.5 Å². The second-order valence-corrected chi connectivity index (χ2v) is 8.94. The number of nitrogens with zero attached hydrogens (tertiary/aromatic N) is 4. The molecule has 154 valence electrons. The van der Waals surface area contributed by atoms with Crippen LogP contribution in [0.3, 0.4) is 0 Å². The van der Waals surface area contributed by atoms with Crippen molar-refractivity contribution in [2.24, 2.45) is 5.10 Å². The number of carbonyl (C=O) groups excluding carboxylic acids is 2. The van der Waals surface area contributed by atoms with Crippen LogP contribution in [0.5, 0.6) is 0 Å². The molecule has 3 aromatic rings. The van der Waals surface area contributed by atoms with Gasteiger partial charge in [-0.1, -0.05) is 30.3 Å². The molecule has 30 heavy (non-hydrogen) atoms. The third-order valence-electron chi connectivity index (χ3n) is 6.04. The number of carbonyl (C=O) groups is 2. The Kier molecular flexibility index (Phi) is 4.90. The summed E-state index contributed by atoms with van der Waals surface area (Å²) in [5.74, 6) is -0.254. The molecule has 2 amide bonds. The van der Waals surface area contributed by atoms with Gasteiger partial charge in [-0.05, 0) is 49.3 Å². The average Bonchev–Trinajstić information content (AvgIpc) is 3.32. The number of amides is 2. The van der Waals surface area contributed by atoms with E-state index in [4.69, 9.17) is 5.10 Å². The van der Waals surface area contributed by atoms with Crippen molar-refractivity contribution >= 4 is 39.1 Å². The van der Waals surface area contributed by atoms with Gasteiger partial charge in [-0.3, -0.25) is 9.59 Å². The van der Waals surface area contributed by atoms with Crippen molar-refractivity contribution < 1.29 is 9.59 Å². The molecule has 1 aromatic carbocycles. The summed E-state index contributed by atoms with van der Waals surface area (Å²) in [6, 6.07) is 14.1. The minimum absolute atomic E-state index is 0.0294. The third kappa shape index (κ3) is 3.33. The molecule has 1 atom stereocenters. The maximum Gasteiger partial charge on any atom is 0.291 e. The van der Waals surface area contributed by atoms with Crippen LogP contribution in [0, 0.1) is 0 Å². The van der Waals surface area contributed by atoms with Gasteiger partial charge in [0.2, 0.25) is 5.91 Å². The molecule has 1 fully saturated rings. The van der Waals surface area contributed by atoms with Crippen LogP contribution in [0.15, 0.2) is 52.9 Å². The molecule has 0 spiro atoms. The Morgan fingerprint density at radius 3 is 2.83 bits per heavy atom. The Hall–Kier alpha value is -2.93. The topological polar surface area (TPSA) is 57.9 Å². The summed E-state index contributed by atoms with van der Waals surface area (Å²) in [7, 11) is 0. The predicted molar refractivity (Wildman–Crippen MR) is 119 cm³/mol. The Morgan fingerprint density at radius 2 is 2.03 bits per heavy atom. The van der Waals surface area contributed by atoms with Gasteiger partial charge in [0.15, 0.2) is 0 Å². The van der Waals surface area contributed by atoms with E-state index in [9.17, 15) is 9.59 Å². The van der Waals surface area contributed by atoms with E-state index in [1.165, 1.54) is 5.01 Å². The first-order valence-corrected chi connectivity index (χ1v) is 11.3. The fourth-order valence-electron chi connectivity index (χ4n) is 4.40. The SMILES string of the molecule is C[C@H]1CCCCN1C(=O)CN1N=C(c2ccccc2)Cn2c(cc3sccc32)C1=O. The van der Waals surface area contributed by atoms with Crippen LogP contribution in [0.25, 0.3) is 10.2 Å². The molecule has 6 nitrogen and oxygen atoms in total. The van der Waals surface area contributed by atoms with Crippen molar-refractivity contribution in [1.29, 1.82) is 0 Å². The lowest BCUT2D eigenvalue weighted by atomic mass is 10.0. The molecular weight excluding hydrogens is 396 g/mol. The van der Waals surface area contributed by atoms with Gasteiger partial charge >= 0.3 is 0 Å². The zero-order valence-corrected chi connectivity index (χ0v) is 17.8. The van der Waals surface area contributed by atoms with Gasteiger partial charge < -0.3 is 9.47 Å². The fourth-order valence-corrected chi connectivity index (χ4v) is 5.23. The van der Waals surface area contributed by atoms with Gasteiger partial charge in [0.05, 0.1) is 22.5 Å². The Balaban J connectivity index is 1.53. The number of hydrazone groups is 1. The van der Waals surface area contributed by atoms with E-state index in [0.29, 0.717) is 12.2 Å². The van der Waals surface area contributed by atoms with Crippen molar-refractivity contribution in [3.8, 4) is 0 Å². The Bertz CT molecular complexity index is 1130. The number of hydrogen-bond donors (Lipinski definition) is 0. The van der Waals surface area contributed by atoms with Crippen LogP contribution in [-0.2, 0) is 11.3 Å². The highest BCUT2D eigenvalue weighted by atomic mass is 32.1. The van der Waals surface area contributed by atoms with E-state index < -0.39 is 0 Å². The molecule has 5 rings (SSSR count). The Labute approximate surface area is 179 Å². The molecular formula is C23H24N4O2S. The number of likely N-dealkylation sites (tertiary alicyclic amines) is 1. The molecule has 0 unspecified atom stereocenters. The molecule has 7 heteroatoms. The highest BCUT2D eigenvalue weighted by molar-refractivity contribution is 7.17. The minimum atomic E-state index is -0.220. The molecule has 0 saturated carbocycles. The maximum atomic E-state index is 13.4. The van der Waals surface area contributed by atoms with Crippen LogP contribution < -0.4 is 0 Å². The molecule has 0 aliphatic carbocycles. The second-order valence-electron chi connectivity index (χ2n) is 7.99. The van der Waals surface area contributed by atoms with Crippen molar-refractivity contribution in [2.45, 2.75) is 38.8 Å². The summed E-state index contributed by atoms with van der Waals surface area (Å²) < 4.78 is 3.09. The second kappa shape index (κ2) is 7.72. The maximum absolute atomic E-state index is 13.4. The predicted octanol–water partition coefficient (Wildman–Crippen LogP) is 3.96. The lowest BCUT2D eigenvalue weighted by Crippen LogP contribution is -2.47. The first-order valence-electron chi connectivity index (χ1n) is 10.4. The van der Waals surface area contributed by atoms with Crippen LogP contribution in [0.4, 0.5) is 0 Å². The van der Waals surface area contributed by atoms with Gasteiger partial charge in [0, 0.05) is 12.6 Å². The summed E-state index contributed by atoms with van der Waals surface area (Å²) in [6.07, 6.45) is 3.17. The largest absolute Gasteiger partial charge is 0.338 e. The molecule has 2 aliphatic heterocycles. The lowest BCUT2D eigenvalue weighted by Gasteiger charge is -2.34. The highest BCUT2D eigenvalue weighted by Gasteiger charge is 2.31. The molecule has 0 bridgehead atoms. The summed E-state index contributed by atoms with van der Waals surface area (Å²) in [6.45, 7) is 3.30. The van der Waals surface area contributed by atoms with Gasteiger partial charge in [-0.15, -0.1) is 11.3 Å². The van der Waals surface area contributed by atoms with Crippen LogP contribution in [0.2, 0.25) is 0 Å². The van der Waals surface area contributed by atoms with Gasteiger partial charge in [-0.2, -0.15) is 5.10 Å². The molecule has 1 saturated heterocycles. The van der Waals surface area contributed by atoms with Crippen molar-refractivity contribution in [2.75, 3.05) is 13.1 Å². The molecule has 2 aromatic heterocycles.